The maximum absolute atomic E-state index is 11.1. The molecular weight excluding hydrogens is 206 g/mol. The van der Waals surface area contributed by atoms with Gasteiger partial charge in [0.2, 0.25) is 0 Å². The third-order valence-electron chi connectivity index (χ3n) is 3.06. The van der Waals surface area contributed by atoms with Crippen molar-refractivity contribution in [1.82, 2.24) is 5.32 Å². The monoisotopic (exact) mass is 219 g/mol. The number of nitrogens with one attached hydrogen (secondary N) is 1. The number of hydrogen-bond donors (Lipinski definition) is 5. The van der Waals surface area contributed by atoms with Gasteiger partial charge < -0.3 is 30.5 Å². The highest BCUT2D eigenvalue weighted by molar-refractivity contribution is 5.69. The fraction of sp³-hybridized carbons (Fsp3) is 0.875. The number of rotatable bonds is 1. The summed E-state index contributed by atoms with van der Waals surface area (Å²) >= 11 is 0. The number of carbonyl (C=O) groups is 1. The Bertz CT molecular complexity index is 284. The number of fused-ring (bicyclic) bond motifs is 2. The number of amides is 1. The lowest BCUT2D eigenvalue weighted by Gasteiger charge is -2.50. The molecule has 1 heterocycles. The molecule has 0 aromatic rings. The number of ether oxygens (including phenoxy) is 1. The summed E-state index contributed by atoms with van der Waals surface area (Å²) in [6.07, 6.45) is -4.94. The van der Waals surface area contributed by atoms with Crippen LogP contribution in [0.15, 0.2) is 0 Å². The Kier molecular flexibility index (Phi) is 2.34. The molecular formula is C8H13NO6. The molecule has 86 valence electrons. The smallest absolute Gasteiger partial charge is 0.408 e. The van der Waals surface area contributed by atoms with Crippen molar-refractivity contribution >= 4 is 6.09 Å². The van der Waals surface area contributed by atoms with Crippen LogP contribution in [0.4, 0.5) is 4.79 Å². The second-order valence-corrected chi connectivity index (χ2v) is 3.99. The highest BCUT2D eigenvalue weighted by Gasteiger charge is 2.57. The van der Waals surface area contributed by atoms with Crippen molar-refractivity contribution in [2.75, 3.05) is 6.61 Å². The number of carbonyl (C=O) groups excluding carboxylic acids is 1. The second-order valence-electron chi connectivity index (χ2n) is 3.99. The summed E-state index contributed by atoms with van der Waals surface area (Å²) in [5.41, 5.74) is -1.51. The molecule has 1 aliphatic carbocycles. The molecule has 2 rings (SSSR count). The van der Waals surface area contributed by atoms with E-state index in [0.29, 0.717) is 0 Å². The number of alkyl carbamates (subject to hydrolysis) is 1. The molecule has 1 aliphatic heterocycles. The summed E-state index contributed by atoms with van der Waals surface area (Å²) < 4.78 is 4.80. The SMILES string of the molecule is O=C1N[C@H]2C[C@@](CO)(O1)[C@@H](O)[C@@H](O)[C@@H]2O. The molecule has 0 unspecified atom stereocenters. The third kappa shape index (κ3) is 1.39. The molecule has 1 amide bonds. The number of hydrogen-bond acceptors (Lipinski definition) is 6. The van der Waals surface area contributed by atoms with E-state index < -0.39 is 42.7 Å². The van der Waals surface area contributed by atoms with Crippen LogP contribution < -0.4 is 5.32 Å². The first kappa shape index (κ1) is 10.6. The van der Waals surface area contributed by atoms with Gasteiger partial charge in [-0.3, -0.25) is 0 Å². The lowest BCUT2D eigenvalue weighted by molar-refractivity contribution is -0.219. The minimum absolute atomic E-state index is 0.0641. The van der Waals surface area contributed by atoms with Gasteiger partial charge >= 0.3 is 6.09 Å². The average Bonchev–Trinajstić information content (AvgIpc) is 2.23. The van der Waals surface area contributed by atoms with Crippen molar-refractivity contribution in [3.63, 3.8) is 0 Å². The standard InChI is InChI=1S/C8H13NO6/c10-2-8-1-3(9-7(14)15-8)4(11)5(12)6(8)13/h3-6,10-13H,1-2H2,(H,9,14)/t3-,4+,5-,6-,8-/m0/s1. The first-order chi connectivity index (χ1) is 7.00. The topological polar surface area (TPSA) is 119 Å². The van der Waals surface area contributed by atoms with Crippen molar-refractivity contribution in [3.05, 3.63) is 0 Å². The van der Waals surface area contributed by atoms with E-state index in [9.17, 15) is 20.1 Å². The Morgan fingerprint density at radius 1 is 1.40 bits per heavy atom. The Hall–Kier alpha value is -0.890. The van der Waals surface area contributed by atoms with Gasteiger partial charge in [-0.25, -0.2) is 4.79 Å². The zero-order valence-corrected chi connectivity index (χ0v) is 7.83. The molecule has 0 aromatic carbocycles. The lowest BCUT2D eigenvalue weighted by Crippen LogP contribution is -2.72. The fourth-order valence-corrected chi connectivity index (χ4v) is 2.14. The van der Waals surface area contributed by atoms with Gasteiger partial charge in [0.25, 0.3) is 0 Å². The van der Waals surface area contributed by atoms with E-state index in [1.54, 1.807) is 0 Å². The highest BCUT2D eigenvalue weighted by atomic mass is 16.6. The van der Waals surface area contributed by atoms with Crippen molar-refractivity contribution in [3.8, 4) is 0 Å². The quantitative estimate of drug-likeness (QED) is 0.328. The van der Waals surface area contributed by atoms with Crippen LogP contribution in [0.5, 0.6) is 0 Å². The van der Waals surface area contributed by atoms with E-state index in [2.05, 4.69) is 5.32 Å². The van der Waals surface area contributed by atoms with Crippen LogP contribution in [-0.4, -0.2) is 63.1 Å². The zero-order chi connectivity index (χ0) is 11.2. The second kappa shape index (κ2) is 3.31. The Morgan fingerprint density at radius 2 is 2.07 bits per heavy atom. The van der Waals surface area contributed by atoms with Gasteiger partial charge in [0, 0.05) is 6.42 Å². The van der Waals surface area contributed by atoms with Crippen molar-refractivity contribution in [2.45, 2.75) is 36.4 Å². The van der Waals surface area contributed by atoms with Crippen molar-refractivity contribution < 1.29 is 30.0 Å². The molecule has 0 spiro atoms. The van der Waals surface area contributed by atoms with Gasteiger partial charge in [-0.15, -0.1) is 0 Å². The predicted octanol–water partition coefficient (Wildman–Crippen LogP) is -2.69. The van der Waals surface area contributed by atoms with E-state index in [-0.39, 0.29) is 6.42 Å². The van der Waals surface area contributed by atoms with Gasteiger partial charge in [-0.05, 0) is 0 Å². The van der Waals surface area contributed by atoms with Gasteiger partial charge in [0.15, 0.2) is 5.60 Å². The molecule has 7 nitrogen and oxygen atoms in total. The normalized spacial score (nSPS) is 49.5. The van der Waals surface area contributed by atoms with E-state index in [1.165, 1.54) is 0 Å². The third-order valence-corrected chi connectivity index (χ3v) is 3.06. The first-order valence-corrected chi connectivity index (χ1v) is 4.65. The van der Waals surface area contributed by atoms with Gasteiger partial charge in [0.05, 0.1) is 12.6 Å². The molecule has 5 N–H and O–H groups in total. The molecule has 2 bridgehead atoms. The van der Waals surface area contributed by atoms with Gasteiger partial charge in [-0.2, -0.15) is 0 Å². The summed E-state index contributed by atoms with van der Waals surface area (Å²) in [5, 5.41) is 40.1. The van der Waals surface area contributed by atoms with Crippen LogP contribution in [-0.2, 0) is 4.74 Å². The summed E-state index contributed by atoms with van der Waals surface area (Å²) in [6.45, 7) is -0.595. The predicted molar refractivity (Wildman–Crippen MR) is 45.9 cm³/mol. The molecule has 1 saturated carbocycles. The van der Waals surface area contributed by atoms with Crippen molar-refractivity contribution in [2.24, 2.45) is 0 Å². The van der Waals surface area contributed by atoms with E-state index in [0.717, 1.165) is 0 Å². The maximum Gasteiger partial charge on any atom is 0.408 e. The minimum atomic E-state index is -1.51. The van der Waals surface area contributed by atoms with Gasteiger partial charge in [-0.1, -0.05) is 0 Å². The van der Waals surface area contributed by atoms with Gasteiger partial charge in [0.1, 0.15) is 18.3 Å². The Labute approximate surface area is 85.3 Å². The lowest BCUT2D eigenvalue weighted by atomic mass is 9.75. The molecule has 2 aliphatic rings. The van der Waals surface area contributed by atoms with Crippen LogP contribution in [0.1, 0.15) is 6.42 Å². The van der Waals surface area contributed by atoms with Crippen LogP contribution in [0.3, 0.4) is 0 Å². The molecule has 15 heavy (non-hydrogen) atoms. The highest BCUT2D eigenvalue weighted by Crippen LogP contribution is 2.35. The number of aliphatic hydroxyl groups excluding tert-OH is 4. The first-order valence-electron chi connectivity index (χ1n) is 4.65. The average molecular weight is 219 g/mol. The number of aliphatic hydroxyl groups is 4. The molecule has 7 heteroatoms. The summed E-state index contributed by atoms with van der Waals surface area (Å²) in [6, 6.07) is -0.711. The van der Waals surface area contributed by atoms with Crippen LogP contribution in [0.2, 0.25) is 0 Å². The molecule has 1 saturated heterocycles. The Morgan fingerprint density at radius 3 is 2.67 bits per heavy atom. The fourth-order valence-electron chi connectivity index (χ4n) is 2.14. The molecule has 5 atom stereocenters. The summed E-state index contributed by atoms with van der Waals surface area (Å²) in [4.78, 5) is 11.1. The maximum atomic E-state index is 11.1. The Balaban J connectivity index is 2.32. The largest absolute Gasteiger partial charge is 0.438 e. The van der Waals surface area contributed by atoms with E-state index in [4.69, 9.17) is 9.84 Å². The molecule has 0 aromatic heterocycles. The minimum Gasteiger partial charge on any atom is -0.438 e. The molecule has 2 fully saturated rings. The van der Waals surface area contributed by atoms with Crippen LogP contribution >= 0.6 is 0 Å². The summed E-state index contributed by atoms with van der Waals surface area (Å²) in [5.74, 6) is 0. The van der Waals surface area contributed by atoms with Crippen LogP contribution in [0, 0.1) is 0 Å². The summed E-state index contributed by atoms with van der Waals surface area (Å²) in [7, 11) is 0. The van der Waals surface area contributed by atoms with E-state index >= 15 is 0 Å². The zero-order valence-electron chi connectivity index (χ0n) is 7.83. The van der Waals surface area contributed by atoms with Crippen molar-refractivity contribution in [1.29, 1.82) is 0 Å². The van der Waals surface area contributed by atoms with E-state index in [1.807, 2.05) is 0 Å². The molecule has 0 radical (unpaired) electrons. The van der Waals surface area contributed by atoms with Crippen LogP contribution in [0.25, 0.3) is 0 Å².